The summed E-state index contributed by atoms with van der Waals surface area (Å²) in [7, 11) is -9.91. The maximum absolute atomic E-state index is 13.1. The summed E-state index contributed by atoms with van der Waals surface area (Å²) >= 11 is 0. The minimum atomic E-state index is -4.95. The monoisotopic (exact) mass is 1370 g/mol. The van der Waals surface area contributed by atoms with Crippen molar-refractivity contribution in [2.45, 2.75) is 406 Å². The predicted octanol–water partition coefficient (Wildman–Crippen LogP) is 21.7. The SMILES string of the molecule is CCCCCCCCCCCCCCCCCCCC(=O)O[C@H](COC(=O)CCCCCCCCCCCCCCC)COP(=O)(O)OC[C@@H](O)COP(=O)(O)OC[C@@H](COC(=O)CCCCCCCCC(C)CC)OC(=O)CCCCCCCCCCCCCCC. The predicted molar refractivity (Wildman–Crippen MR) is 377 cm³/mol. The van der Waals surface area contributed by atoms with Gasteiger partial charge in [-0.2, -0.15) is 0 Å². The number of carbonyl (C=O) groups is 4. The molecule has 552 valence electrons. The lowest BCUT2D eigenvalue weighted by Crippen LogP contribution is -2.30. The molecule has 0 aromatic carbocycles. The highest BCUT2D eigenvalue weighted by Gasteiger charge is 2.30. The van der Waals surface area contributed by atoms with Gasteiger partial charge < -0.3 is 33.8 Å². The van der Waals surface area contributed by atoms with Gasteiger partial charge in [0.05, 0.1) is 26.4 Å². The number of phosphoric acid groups is 2. The van der Waals surface area contributed by atoms with Crippen molar-refractivity contribution < 1.29 is 80.2 Å². The van der Waals surface area contributed by atoms with Gasteiger partial charge in [0.25, 0.3) is 0 Å². The second-order valence-electron chi connectivity index (χ2n) is 26.9. The van der Waals surface area contributed by atoms with Crippen LogP contribution in [-0.2, 0) is 65.4 Å². The minimum absolute atomic E-state index is 0.107. The number of aliphatic hydroxyl groups excluding tert-OH is 1. The third-order valence-electron chi connectivity index (χ3n) is 17.6. The molecule has 0 aliphatic carbocycles. The van der Waals surface area contributed by atoms with Gasteiger partial charge >= 0.3 is 39.5 Å². The molecule has 0 amide bonds. The Kier molecular flexibility index (Phi) is 65.9. The number of carbonyl (C=O) groups excluding carboxylic acids is 4. The second-order valence-corrected chi connectivity index (χ2v) is 29.8. The molecule has 0 heterocycles. The summed E-state index contributed by atoms with van der Waals surface area (Å²) in [4.78, 5) is 72.7. The molecule has 17 nitrogen and oxygen atoms in total. The van der Waals surface area contributed by atoms with Gasteiger partial charge in [0.2, 0.25) is 0 Å². The van der Waals surface area contributed by atoms with Crippen molar-refractivity contribution in [3.8, 4) is 0 Å². The Balaban J connectivity index is 5.24. The first-order valence-corrected chi connectivity index (χ1v) is 41.7. The molecule has 19 heteroatoms. The third kappa shape index (κ3) is 67.0. The van der Waals surface area contributed by atoms with Crippen LogP contribution in [0.1, 0.15) is 388 Å². The second kappa shape index (κ2) is 67.3. The average molecular weight is 1370 g/mol. The van der Waals surface area contributed by atoms with Gasteiger partial charge in [-0.15, -0.1) is 0 Å². The number of unbranched alkanes of at least 4 members (excludes halogenated alkanes) is 45. The molecule has 6 atom stereocenters. The highest BCUT2D eigenvalue weighted by Crippen LogP contribution is 2.45. The normalized spacial score (nSPS) is 14.3. The molecule has 0 spiro atoms. The van der Waals surface area contributed by atoms with Crippen molar-refractivity contribution in [1.29, 1.82) is 0 Å². The zero-order chi connectivity index (χ0) is 68.4. The maximum atomic E-state index is 13.1. The van der Waals surface area contributed by atoms with Crippen molar-refractivity contribution in [3.05, 3.63) is 0 Å². The topological polar surface area (TPSA) is 237 Å². The van der Waals surface area contributed by atoms with Crippen LogP contribution in [0.2, 0.25) is 0 Å². The van der Waals surface area contributed by atoms with Crippen molar-refractivity contribution in [3.63, 3.8) is 0 Å². The van der Waals surface area contributed by atoms with Crippen molar-refractivity contribution in [2.75, 3.05) is 39.6 Å². The molecular formula is C74H144O17P2. The number of ether oxygens (including phenoxy) is 4. The van der Waals surface area contributed by atoms with E-state index in [0.717, 1.165) is 102 Å². The van der Waals surface area contributed by atoms with E-state index in [2.05, 4.69) is 34.6 Å². The molecule has 3 N–H and O–H groups in total. The molecule has 93 heavy (non-hydrogen) atoms. The molecule has 3 unspecified atom stereocenters. The summed E-state index contributed by atoms with van der Waals surface area (Å²) in [5.41, 5.74) is 0. The van der Waals surface area contributed by atoms with Crippen molar-refractivity contribution in [1.82, 2.24) is 0 Å². The standard InChI is InChI=1S/C74H144O17P2/c1-6-10-13-16-19-22-25-28-29-30-31-34-37-40-43-50-55-60-73(78)90-69(63-84-71(76)57-52-47-41-38-35-32-26-23-20-17-14-11-7-2)65-88-92(80,81)86-61-68(75)62-87-93(82,83)89-66-70(64-85-72(77)58-53-48-45-44-46-51-56-67(5)9-4)91-74(79)59-54-49-42-39-36-33-27-24-21-18-15-12-8-3/h67-70,75H,6-66H2,1-5H3,(H,80,81)(H,82,83)/t67?,68-,69-,70-/m1/s1. The smallest absolute Gasteiger partial charge is 0.462 e. The fraction of sp³-hybridized carbons (Fsp3) is 0.946. The van der Waals surface area contributed by atoms with E-state index < -0.39 is 97.5 Å². The molecule has 0 fully saturated rings. The van der Waals surface area contributed by atoms with Gasteiger partial charge in [0, 0.05) is 25.7 Å². The molecule has 0 saturated carbocycles. The molecular weight excluding hydrogens is 1220 g/mol. The molecule has 0 radical (unpaired) electrons. The van der Waals surface area contributed by atoms with E-state index in [4.69, 9.17) is 37.0 Å². The molecule has 0 aliphatic heterocycles. The van der Waals surface area contributed by atoms with Crippen LogP contribution in [0.4, 0.5) is 0 Å². The first-order valence-electron chi connectivity index (χ1n) is 38.7. The largest absolute Gasteiger partial charge is 0.472 e. The van der Waals surface area contributed by atoms with Crippen molar-refractivity contribution in [2.24, 2.45) is 5.92 Å². The van der Waals surface area contributed by atoms with E-state index in [-0.39, 0.29) is 25.7 Å². The van der Waals surface area contributed by atoms with Gasteiger partial charge in [0.15, 0.2) is 12.2 Å². The van der Waals surface area contributed by atoms with Crippen LogP contribution in [0.25, 0.3) is 0 Å². The van der Waals surface area contributed by atoms with Crippen LogP contribution in [0.3, 0.4) is 0 Å². The van der Waals surface area contributed by atoms with E-state index in [0.29, 0.717) is 25.7 Å². The van der Waals surface area contributed by atoms with E-state index >= 15 is 0 Å². The number of rotatable bonds is 74. The fourth-order valence-corrected chi connectivity index (χ4v) is 12.9. The first-order chi connectivity index (χ1) is 45.1. The van der Waals surface area contributed by atoms with Gasteiger partial charge in [-0.25, -0.2) is 9.13 Å². The lowest BCUT2D eigenvalue weighted by Gasteiger charge is -2.21. The highest BCUT2D eigenvalue weighted by atomic mass is 31.2. The third-order valence-corrected chi connectivity index (χ3v) is 19.5. The Morgan fingerprint density at radius 3 is 0.763 bits per heavy atom. The summed E-state index contributed by atoms with van der Waals surface area (Å²) in [6.07, 6.45) is 55.4. The summed E-state index contributed by atoms with van der Waals surface area (Å²) in [5, 5.41) is 10.6. The molecule has 0 rings (SSSR count). The summed E-state index contributed by atoms with van der Waals surface area (Å²) in [5.74, 6) is -1.38. The van der Waals surface area contributed by atoms with Crippen LogP contribution in [0.15, 0.2) is 0 Å². The van der Waals surface area contributed by atoms with Crippen molar-refractivity contribution >= 4 is 39.5 Å². The first kappa shape index (κ1) is 91.1. The van der Waals surface area contributed by atoms with Gasteiger partial charge in [0.1, 0.15) is 19.3 Å². The van der Waals surface area contributed by atoms with Crippen LogP contribution in [-0.4, -0.2) is 96.7 Å². The molecule has 0 aliphatic rings. The van der Waals surface area contributed by atoms with E-state index in [1.165, 1.54) is 205 Å². The molecule has 0 aromatic rings. The maximum Gasteiger partial charge on any atom is 0.472 e. The zero-order valence-corrected chi connectivity index (χ0v) is 62.2. The Morgan fingerprint density at radius 1 is 0.301 bits per heavy atom. The number of esters is 4. The number of phosphoric ester groups is 2. The Bertz CT molecular complexity index is 1790. The molecule has 0 aromatic heterocycles. The molecule has 0 bridgehead atoms. The van der Waals surface area contributed by atoms with Gasteiger partial charge in [-0.3, -0.25) is 37.3 Å². The summed E-state index contributed by atoms with van der Waals surface area (Å²) in [6.45, 7) is 7.25. The average Bonchev–Trinajstić information content (AvgIpc) is 2.32. The van der Waals surface area contributed by atoms with Crippen LogP contribution in [0, 0.1) is 5.92 Å². The number of aliphatic hydroxyl groups is 1. The summed E-state index contributed by atoms with van der Waals surface area (Å²) < 4.78 is 68.5. The lowest BCUT2D eigenvalue weighted by molar-refractivity contribution is -0.161. The Labute approximate surface area is 568 Å². The summed E-state index contributed by atoms with van der Waals surface area (Å²) in [6, 6.07) is 0. The Morgan fingerprint density at radius 2 is 0.516 bits per heavy atom. The Hall–Kier alpha value is -1.94. The minimum Gasteiger partial charge on any atom is -0.462 e. The van der Waals surface area contributed by atoms with E-state index in [1.807, 2.05) is 0 Å². The van der Waals surface area contributed by atoms with Crippen LogP contribution < -0.4 is 0 Å². The number of hydrogen-bond acceptors (Lipinski definition) is 15. The highest BCUT2D eigenvalue weighted by molar-refractivity contribution is 7.47. The quantitative estimate of drug-likeness (QED) is 0.0222. The van der Waals surface area contributed by atoms with Gasteiger partial charge in [-0.1, -0.05) is 336 Å². The van der Waals surface area contributed by atoms with E-state index in [1.54, 1.807) is 0 Å². The van der Waals surface area contributed by atoms with Crippen LogP contribution >= 0.6 is 15.6 Å². The van der Waals surface area contributed by atoms with E-state index in [9.17, 15) is 43.2 Å². The lowest BCUT2D eigenvalue weighted by atomic mass is 10.00. The van der Waals surface area contributed by atoms with Gasteiger partial charge in [-0.05, 0) is 31.6 Å². The molecule has 0 saturated heterocycles. The fourth-order valence-electron chi connectivity index (χ4n) is 11.3. The van der Waals surface area contributed by atoms with Crippen LogP contribution in [0.5, 0.6) is 0 Å². The zero-order valence-electron chi connectivity index (χ0n) is 60.4. The number of hydrogen-bond donors (Lipinski definition) is 3.